The second-order valence-electron chi connectivity index (χ2n) is 4.62. The number of alkyl halides is 3. The minimum atomic E-state index is -4.50. The summed E-state index contributed by atoms with van der Waals surface area (Å²) in [5.41, 5.74) is -0.161. The van der Waals surface area contributed by atoms with Crippen LogP contribution in [0.4, 0.5) is 19.0 Å². The number of fused-ring (bicyclic) bond motifs is 1. The van der Waals surface area contributed by atoms with Gasteiger partial charge in [0.2, 0.25) is 0 Å². The Morgan fingerprint density at radius 3 is 2.14 bits per heavy atom. The van der Waals surface area contributed by atoms with Crippen molar-refractivity contribution in [2.45, 2.75) is 6.18 Å². The molecule has 1 aromatic heterocycles. The van der Waals surface area contributed by atoms with Crippen LogP contribution < -0.4 is 10.2 Å². The third-order valence-electron chi connectivity index (χ3n) is 3.24. The molecule has 114 valence electrons. The Bertz CT molecular complexity index is 626. The Morgan fingerprint density at radius 2 is 1.57 bits per heavy atom. The Morgan fingerprint density at radius 1 is 1.00 bits per heavy atom. The average molecular weight is 319 g/mol. The van der Waals surface area contributed by atoms with Crippen LogP contribution >= 0.6 is 12.4 Å². The zero-order valence-electron chi connectivity index (χ0n) is 11.0. The van der Waals surface area contributed by atoms with E-state index < -0.39 is 11.9 Å². The van der Waals surface area contributed by atoms with Crippen LogP contribution in [0.1, 0.15) is 5.69 Å². The van der Waals surface area contributed by atoms with Crippen LogP contribution in [0.2, 0.25) is 0 Å². The van der Waals surface area contributed by atoms with Gasteiger partial charge in [-0.2, -0.15) is 13.2 Å². The van der Waals surface area contributed by atoms with Crippen molar-refractivity contribution >= 4 is 29.3 Å². The quantitative estimate of drug-likeness (QED) is 0.877. The van der Waals surface area contributed by atoms with E-state index in [1.807, 2.05) is 0 Å². The highest BCUT2D eigenvalue weighted by Crippen LogP contribution is 2.35. The van der Waals surface area contributed by atoms with Crippen LogP contribution in [-0.4, -0.2) is 36.1 Å². The van der Waals surface area contributed by atoms with Crippen molar-refractivity contribution in [2.24, 2.45) is 0 Å². The number of rotatable bonds is 1. The summed E-state index contributed by atoms with van der Waals surface area (Å²) in [5.74, 6) is -0.0716. The van der Waals surface area contributed by atoms with Crippen molar-refractivity contribution in [3.63, 3.8) is 0 Å². The summed E-state index contributed by atoms with van der Waals surface area (Å²) >= 11 is 0. The molecule has 0 amide bonds. The smallest absolute Gasteiger partial charge is 0.352 e. The summed E-state index contributed by atoms with van der Waals surface area (Å²) in [5, 5.41) is 3.11. The maximum atomic E-state index is 13.2. The monoisotopic (exact) mass is 318 g/mol. The predicted molar refractivity (Wildman–Crippen MR) is 76.9 cm³/mol. The Labute approximate surface area is 125 Å². The topological polar surface area (TPSA) is 41.1 Å². The van der Waals surface area contributed by atoms with Gasteiger partial charge in [0.1, 0.15) is 0 Å². The molecule has 0 aliphatic carbocycles. The van der Waals surface area contributed by atoms with Crippen molar-refractivity contribution in [2.75, 3.05) is 31.1 Å². The Balaban J connectivity index is 0.00000161. The molecule has 4 nitrogen and oxygen atoms in total. The van der Waals surface area contributed by atoms with Gasteiger partial charge < -0.3 is 10.2 Å². The van der Waals surface area contributed by atoms with Gasteiger partial charge in [-0.1, -0.05) is 12.1 Å². The molecule has 1 saturated heterocycles. The summed E-state index contributed by atoms with van der Waals surface area (Å²) in [4.78, 5) is 9.59. The van der Waals surface area contributed by atoms with Gasteiger partial charge >= 0.3 is 6.18 Å². The minimum Gasteiger partial charge on any atom is -0.352 e. The lowest BCUT2D eigenvalue weighted by atomic mass is 10.2. The first kappa shape index (κ1) is 15.8. The molecule has 0 unspecified atom stereocenters. The van der Waals surface area contributed by atoms with E-state index in [9.17, 15) is 13.2 Å². The summed E-state index contributed by atoms with van der Waals surface area (Å²) in [6, 6.07) is 6.61. The fourth-order valence-corrected chi connectivity index (χ4v) is 2.28. The summed E-state index contributed by atoms with van der Waals surface area (Å²) in [6.45, 7) is 2.28. The van der Waals surface area contributed by atoms with Crippen molar-refractivity contribution in [1.29, 1.82) is 0 Å². The number of benzene rings is 1. The summed E-state index contributed by atoms with van der Waals surface area (Å²) < 4.78 is 39.6. The molecule has 1 aliphatic rings. The van der Waals surface area contributed by atoms with E-state index >= 15 is 0 Å². The molecule has 0 radical (unpaired) electrons. The largest absolute Gasteiger partial charge is 0.437 e. The number of nitrogens with zero attached hydrogens (tertiary/aromatic N) is 3. The Kier molecular flexibility index (Phi) is 4.53. The number of aromatic nitrogens is 2. The van der Waals surface area contributed by atoms with Crippen LogP contribution in [0.3, 0.4) is 0 Å². The van der Waals surface area contributed by atoms with Crippen molar-refractivity contribution in [1.82, 2.24) is 15.3 Å². The second-order valence-corrected chi connectivity index (χ2v) is 4.62. The van der Waals surface area contributed by atoms with Gasteiger partial charge in [0.05, 0.1) is 11.0 Å². The molecule has 1 aromatic carbocycles. The lowest BCUT2D eigenvalue weighted by molar-refractivity contribution is -0.140. The van der Waals surface area contributed by atoms with Gasteiger partial charge in [-0.05, 0) is 12.1 Å². The first-order valence-electron chi connectivity index (χ1n) is 6.35. The average Bonchev–Trinajstić information content (AvgIpc) is 2.46. The molecule has 21 heavy (non-hydrogen) atoms. The van der Waals surface area contributed by atoms with E-state index in [4.69, 9.17) is 0 Å². The zero-order chi connectivity index (χ0) is 14.2. The van der Waals surface area contributed by atoms with E-state index in [0.29, 0.717) is 31.7 Å². The maximum absolute atomic E-state index is 13.2. The van der Waals surface area contributed by atoms with Gasteiger partial charge in [-0.25, -0.2) is 9.97 Å². The molecule has 0 bridgehead atoms. The predicted octanol–water partition coefficient (Wildman–Crippen LogP) is 2.48. The van der Waals surface area contributed by atoms with Gasteiger partial charge in [0, 0.05) is 26.2 Å². The Hall–Kier alpha value is -1.60. The third-order valence-corrected chi connectivity index (χ3v) is 3.24. The minimum absolute atomic E-state index is 0. The van der Waals surface area contributed by atoms with Gasteiger partial charge in [0.25, 0.3) is 0 Å². The van der Waals surface area contributed by atoms with E-state index in [1.165, 1.54) is 0 Å². The highest BCUT2D eigenvalue weighted by atomic mass is 35.5. The summed E-state index contributed by atoms with van der Waals surface area (Å²) in [6.07, 6.45) is -4.50. The fraction of sp³-hybridized carbons (Fsp3) is 0.385. The first-order valence-corrected chi connectivity index (χ1v) is 6.35. The molecule has 8 heteroatoms. The second kappa shape index (κ2) is 6.03. The number of halogens is 4. The number of nitrogens with one attached hydrogen (secondary N) is 1. The van der Waals surface area contributed by atoms with Crippen molar-refractivity contribution in [3.8, 4) is 0 Å². The third kappa shape index (κ3) is 3.19. The van der Waals surface area contributed by atoms with Crippen LogP contribution in [0.5, 0.6) is 0 Å². The van der Waals surface area contributed by atoms with E-state index in [-0.39, 0.29) is 23.7 Å². The lowest BCUT2D eigenvalue weighted by Gasteiger charge is -2.30. The molecule has 1 aliphatic heterocycles. The molecule has 1 fully saturated rings. The van der Waals surface area contributed by atoms with Gasteiger partial charge in [-0.3, -0.25) is 0 Å². The van der Waals surface area contributed by atoms with Crippen LogP contribution in [-0.2, 0) is 6.18 Å². The molecule has 0 spiro atoms. The normalized spacial score (nSPS) is 15.9. The fourth-order valence-electron chi connectivity index (χ4n) is 2.28. The lowest BCUT2D eigenvalue weighted by Crippen LogP contribution is -2.44. The number of anilines is 1. The number of hydrogen-bond donors (Lipinski definition) is 1. The van der Waals surface area contributed by atoms with E-state index in [1.54, 1.807) is 29.2 Å². The zero-order valence-corrected chi connectivity index (χ0v) is 11.8. The maximum Gasteiger partial charge on any atom is 0.437 e. The molecule has 0 saturated carbocycles. The highest BCUT2D eigenvalue weighted by Gasteiger charge is 2.38. The molecular weight excluding hydrogens is 305 g/mol. The molecular formula is C13H14ClF3N4. The number of hydrogen-bond acceptors (Lipinski definition) is 4. The van der Waals surface area contributed by atoms with Crippen molar-refractivity contribution < 1.29 is 13.2 Å². The van der Waals surface area contributed by atoms with E-state index in [0.717, 1.165) is 0 Å². The molecule has 1 N–H and O–H groups in total. The number of piperazine rings is 1. The van der Waals surface area contributed by atoms with Crippen LogP contribution in [0.15, 0.2) is 24.3 Å². The van der Waals surface area contributed by atoms with Gasteiger partial charge in [0.15, 0.2) is 11.5 Å². The van der Waals surface area contributed by atoms with Crippen LogP contribution in [0, 0.1) is 0 Å². The number of para-hydroxylation sites is 2. The van der Waals surface area contributed by atoms with E-state index in [2.05, 4.69) is 15.3 Å². The first-order chi connectivity index (χ1) is 9.55. The molecule has 0 atom stereocenters. The summed E-state index contributed by atoms with van der Waals surface area (Å²) in [7, 11) is 0. The molecule has 3 rings (SSSR count). The highest BCUT2D eigenvalue weighted by molar-refractivity contribution is 5.85. The van der Waals surface area contributed by atoms with Crippen molar-refractivity contribution in [3.05, 3.63) is 30.0 Å². The molecule has 2 heterocycles. The SMILES string of the molecule is Cl.FC(F)(F)c1nc2ccccc2nc1N1CCNCC1. The molecule has 2 aromatic rings. The standard InChI is InChI=1S/C13H13F3N4.ClH/c14-13(15,16)11-12(20-7-5-17-6-8-20)19-10-4-2-1-3-9(10)18-11;/h1-4,17H,5-8H2;1H. The van der Waals surface area contributed by atoms with Gasteiger partial charge in [-0.15, -0.1) is 12.4 Å². The van der Waals surface area contributed by atoms with Crippen LogP contribution in [0.25, 0.3) is 11.0 Å².